The third kappa shape index (κ3) is 12.9. The number of carbonyl (C=O) groups excluding carboxylic acids is 4. The van der Waals surface area contributed by atoms with E-state index in [-0.39, 0.29) is 31.0 Å². The quantitative estimate of drug-likeness (QED) is 0.418. The molecule has 1 aliphatic heterocycles. The van der Waals surface area contributed by atoms with Crippen LogP contribution in [0.4, 0.5) is 0 Å². The number of nitrogens with one attached hydrogen (secondary N) is 3. The van der Waals surface area contributed by atoms with Crippen LogP contribution in [0, 0.1) is 0 Å². The van der Waals surface area contributed by atoms with Gasteiger partial charge >= 0.3 is 0 Å². The van der Waals surface area contributed by atoms with Crippen molar-refractivity contribution in [2.75, 3.05) is 40.5 Å². The molecular formula is C35H50N4O6. The molecule has 0 bridgehead atoms. The van der Waals surface area contributed by atoms with E-state index in [1.807, 2.05) is 30.3 Å². The highest BCUT2D eigenvalue weighted by atomic mass is 16.5. The van der Waals surface area contributed by atoms with E-state index in [0.717, 1.165) is 44.1 Å². The molecule has 2 aromatic rings. The Bertz CT molecular complexity index is 1210. The van der Waals surface area contributed by atoms with Gasteiger partial charge < -0.3 is 30.3 Å². The second kappa shape index (κ2) is 20.2. The maximum absolute atomic E-state index is 13.6. The predicted octanol–water partition coefficient (Wildman–Crippen LogP) is 4.03. The molecule has 0 saturated heterocycles. The fourth-order valence-corrected chi connectivity index (χ4v) is 5.36. The lowest BCUT2D eigenvalue weighted by Gasteiger charge is -2.26. The Hall–Kier alpha value is -3.92. The molecule has 1 aliphatic rings. The zero-order valence-electron chi connectivity index (χ0n) is 26.9. The summed E-state index contributed by atoms with van der Waals surface area (Å²) in [6, 6.07) is 14.4. The van der Waals surface area contributed by atoms with Crippen LogP contribution in [0.1, 0.15) is 80.1 Å². The average Bonchev–Trinajstić information content (AvgIpc) is 3.04. The van der Waals surface area contributed by atoms with E-state index in [2.05, 4.69) is 16.0 Å². The van der Waals surface area contributed by atoms with Gasteiger partial charge in [0.1, 0.15) is 17.8 Å². The fraction of sp³-hybridized carbons (Fsp3) is 0.543. The molecule has 0 saturated carbocycles. The van der Waals surface area contributed by atoms with Gasteiger partial charge in [0.05, 0.1) is 25.2 Å². The number of methoxy groups -OCH3 is 1. The molecule has 0 fully saturated rings. The van der Waals surface area contributed by atoms with Gasteiger partial charge in [-0.05, 0) is 30.5 Å². The van der Waals surface area contributed by atoms with E-state index < -0.39 is 29.8 Å². The fourth-order valence-electron chi connectivity index (χ4n) is 5.36. The number of nitrogens with zero attached hydrogens (tertiary/aromatic N) is 1. The topological polar surface area (TPSA) is 126 Å². The van der Waals surface area contributed by atoms with Crippen molar-refractivity contribution in [2.45, 2.75) is 82.7 Å². The molecule has 0 unspecified atom stereocenters. The van der Waals surface area contributed by atoms with Gasteiger partial charge in [-0.25, -0.2) is 0 Å². The normalized spacial score (nSPS) is 20.2. The molecular weight excluding hydrogens is 572 g/mol. The van der Waals surface area contributed by atoms with E-state index >= 15 is 0 Å². The van der Waals surface area contributed by atoms with E-state index in [1.165, 1.54) is 26.4 Å². The molecule has 2 atom stereocenters. The van der Waals surface area contributed by atoms with Crippen LogP contribution in [-0.2, 0) is 25.5 Å². The van der Waals surface area contributed by atoms with Crippen LogP contribution in [0.2, 0.25) is 0 Å². The largest absolute Gasteiger partial charge is 0.493 e. The van der Waals surface area contributed by atoms with Crippen molar-refractivity contribution in [3.8, 4) is 5.75 Å². The lowest BCUT2D eigenvalue weighted by atomic mass is 10.0. The summed E-state index contributed by atoms with van der Waals surface area (Å²) in [6.07, 6.45) is 9.60. The third-order valence-corrected chi connectivity index (χ3v) is 7.94. The summed E-state index contributed by atoms with van der Waals surface area (Å²) in [4.78, 5) is 55.3. The molecule has 246 valence electrons. The SMILES string of the molecule is COCCNC(=O)[C@@H]1CC(=O)N[C@@H](Cc2ccccc2)C(=O)N(C)CCCCCCCCCCCOc2ccccc2C(=O)N1. The van der Waals surface area contributed by atoms with Gasteiger partial charge in [-0.3, -0.25) is 19.2 Å². The highest BCUT2D eigenvalue weighted by Crippen LogP contribution is 2.19. The Morgan fingerprint density at radius 2 is 1.53 bits per heavy atom. The van der Waals surface area contributed by atoms with E-state index in [9.17, 15) is 19.2 Å². The van der Waals surface area contributed by atoms with E-state index in [0.29, 0.717) is 25.3 Å². The van der Waals surface area contributed by atoms with Gasteiger partial charge in [0.15, 0.2) is 0 Å². The van der Waals surface area contributed by atoms with Gasteiger partial charge in [-0.1, -0.05) is 87.4 Å². The first-order chi connectivity index (χ1) is 21.9. The van der Waals surface area contributed by atoms with Gasteiger partial charge in [0.2, 0.25) is 17.7 Å². The van der Waals surface area contributed by atoms with Crippen molar-refractivity contribution in [3.63, 3.8) is 0 Å². The number of carbonyl (C=O) groups is 4. The molecule has 45 heavy (non-hydrogen) atoms. The van der Waals surface area contributed by atoms with Crippen LogP contribution >= 0.6 is 0 Å². The highest BCUT2D eigenvalue weighted by molar-refractivity contribution is 6.01. The number of fused-ring (bicyclic) bond motifs is 1. The predicted molar refractivity (Wildman–Crippen MR) is 174 cm³/mol. The van der Waals surface area contributed by atoms with Crippen molar-refractivity contribution in [1.82, 2.24) is 20.9 Å². The summed E-state index contributed by atoms with van der Waals surface area (Å²) < 4.78 is 11.0. The number of para-hydroxylation sites is 1. The number of rotatable bonds is 6. The third-order valence-electron chi connectivity index (χ3n) is 7.94. The van der Waals surface area contributed by atoms with Crippen LogP contribution in [0.15, 0.2) is 54.6 Å². The van der Waals surface area contributed by atoms with Crippen LogP contribution in [0.25, 0.3) is 0 Å². The zero-order chi connectivity index (χ0) is 32.3. The second-order valence-corrected chi connectivity index (χ2v) is 11.6. The minimum absolute atomic E-state index is 0.193. The Labute approximate surface area is 267 Å². The Morgan fingerprint density at radius 3 is 2.24 bits per heavy atom. The monoisotopic (exact) mass is 622 g/mol. The number of amides is 4. The molecule has 0 aromatic heterocycles. The summed E-state index contributed by atoms with van der Waals surface area (Å²) in [5.41, 5.74) is 1.19. The molecule has 10 heteroatoms. The first kappa shape index (κ1) is 35.6. The standard InChI is InChI=1S/C35H50N4O6/c1-39-22-15-8-6-4-3-5-7-9-16-23-45-31-20-14-13-19-28(31)33(41)38-29(34(42)36-21-24-44-2)26-32(40)37-30(35(39)43)25-27-17-11-10-12-18-27/h10-14,17-20,29-30H,3-9,15-16,21-26H2,1-2H3,(H,36,42)(H,37,40)(H,38,41)/t29-,30-/m0/s1. The summed E-state index contributed by atoms with van der Waals surface area (Å²) in [6.45, 7) is 1.57. The molecule has 4 amide bonds. The maximum atomic E-state index is 13.6. The molecule has 3 rings (SSSR count). The van der Waals surface area contributed by atoms with Crippen molar-refractivity contribution in [3.05, 3.63) is 65.7 Å². The van der Waals surface area contributed by atoms with Crippen LogP contribution in [0.3, 0.4) is 0 Å². The smallest absolute Gasteiger partial charge is 0.255 e. The lowest BCUT2D eigenvalue weighted by Crippen LogP contribution is -2.53. The molecule has 10 nitrogen and oxygen atoms in total. The second-order valence-electron chi connectivity index (χ2n) is 11.6. The molecule has 0 aliphatic carbocycles. The van der Waals surface area contributed by atoms with Gasteiger partial charge in [-0.2, -0.15) is 0 Å². The van der Waals surface area contributed by atoms with Crippen molar-refractivity contribution in [1.29, 1.82) is 0 Å². The Morgan fingerprint density at radius 1 is 0.889 bits per heavy atom. The maximum Gasteiger partial charge on any atom is 0.255 e. The molecule has 0 radical (unpaired) electrons. The van der Waals surface area contributed by atoms with E-state index in [4.69, 9.17) is 9.47 Å². The number of ether oxygens (including phenoxy) is 2. The van der Waals surface area contributed by atoms with Crippen LogP contribution in [-0.4, -0.2) is 81.1 Å². The first-order valence-corrected chi connectivity index (χ1v) is 16.3. The molecule has 2 aromatic carbocycles. The summed E-state index contributed by atoms with van der Waals surface area (Å²) >= 11 is 0. The summed E-state index contributed by atoms with van der Waals surface area (Å²) in [5.74, 6) is -1.34. The van der Waals surface area contributed by atoms with Gasteiger partial charge in [0.25, 0.3) is 5.91 Å². The first-order valence-electron chi connectivity index (χ1n) is 16.3. The average molecular weight is 623 g/mol. The van der Waals surface area contributed by atoms with Crippen LogP contribution in [0.5, 0.6) is 5.75 Å². The number of benzene rings is 2. The highest BCUT2D eigenvalue weighted by Gasteiger charge is 2.29. The van der Waals surface area contributed by atoms with E-state index in [1.54, 1.807) is 36.2 Å². The number of hydrogen-bond acceptors (Lipinski definition) is 6. The molecule has 0 spiro atoms. The summed E-state index contributed by atoms with van der Waals surface area (Å²) in [5, 5.41) is 8.31. The number of hydrogen-bond donors (Lipinski definition) is 3. The molecule has 3 N–H and O–H groups in total. The van der Waals surface area contributed by atoms with Crippen molar-refractivity contribution >= 4 is 23.6 Å². The Kier molecular flexibility index (Phi) is 15.9. The van der Waals surface area contributed by atoms with Crippen molar-refractivity contribution in [2.24, 2.45) is 0 Å². The zero-order valence-corrected chi connectivity index (χ0v) is 26.9. The minimum atomic E-state index is -1.19. The minimum Gasteiger partial charge on any atom is -0.493 e. The lowest BCUT2D eigenvalue weighted by molar-refractivity contribution is -0.136. The van der Waals surface area contributed by atoms with Crippen LogP contribution < -0.4 is 20.7 Å². The summed E-state index contributed by atoms with van der Waals surface area (Å²) in [7, 11) is 3.28. The van der Waals surface area contributed by atoms with Gasteiger partial charge in [-0.15, -0.1) is 0 Å². The number of likely N-dealkylation sites (N-methyl/N-ethyl adjacent to an activating group) is 1. The molecule has 1 heterocycles. The van der Waals surface area contributed by atoms with Crippen molar-refractivity contribution < 1.29 is 28.7 Å². The van der Waals surface area contributed by atoms with Gasteiger partial charge in [0, 0.05) is 33.7 Å². The Balaban J connectivity index is 1.83.